The van der Waals surface area contributed by atoms with E-state index < -0.39 is 0 Å². The molecule has 1 aromatic carbocycles. The maximum Gasteiger partial charge on any atom is 0.183 e. The molecule has 6 heteroatoms. The molecule has 1 aromatic heterocycles. The van der Waals surface area contributed by atoms with Gasteiger partial charge in [-0.25, -0.2) is 9.98 Å². The van der Waals surface area contributed by atoms with Gasteiger partial charge in [0.15, 0.2) is 11.4 Å². The van der Waals surface area contributed by atoms with Gasteiger partial charge in [0.2, 0.25) is 0 Å². The summed E-state index contributed by atoms with van der Waals surface area (Å²) >= 11 is 1.39. The molecule has 1 heterocycles. The normalized spacial score (nSPS) is 11.0. The molecular formula is C12H11N5S. The first-order valence-corrected chi connectivity index (χ1v) is 6.43. The summed E-state index contributed by atoms with van der Waals surface area (Å²) in [4.78, 5) is 11.6. The van der Waals surface area contributed by atoms with Crippen LogP contribution in [0.4, 0.5) is 5.69 Å². The van der Waals surface area contributed by atoms with Gasteiger partial charge in [-0.05, 0) is 18.4 Å². The Balaban J connectivity index is 2.31. The lowest BCUT2D eigenvalue weighted by molar-refractivity contribution is 1.27. The standard InChI is InChI=1S/C12H11N5S/c1-18-12(16-8-13)17-10-4-2-3-9(7-10)11-14-5-6-15-11/h2-7H,1H3,(H,14,15)(H,16,17). The molecule has 0 radical (unpaired) electrons. The number of imidazole rings is 1. The van der Waals surface area contributed by atoms with Crippen LogP contribution in [0.3, 0.4) is 0 Å². The molecule has 0 aliphatic rings. The first-order chi connectivity index (χ1) is 8.83. The molecule has 0 aliphatic carbocycles. The third-order valence-electron chi connectivity index (χ3n) is 2.20. The predicted octanol–water partition coefficient (Wildman–Crippen LogP) is 2.50. The highest BCUT2D eigenvalue weighted by atomic mass is 32.2. The number of benzene rings is 1. The average Bonchev–Trinajstić information content (AvgIpc) is 2.92. The molecule has 0 fully saturated rings. The Kier molecular flexibility index (Phi) is 3.99. The Morgan fingerprint density at radius 1 is 1.56 bits per heavy atom. The SMILES string of the molecule is CSC(=Nc1cccc(-c2ncc[nH]2)c1)NC#N. The van der Waals surface area contributed by atoms with Crippen molar-refractivity contribution in [2.45, 2.75) is 0 Å². The zero-order chi connectivity index (χ0) is 12.8. The van der Waals surface area contributed by atoms with Crippen molar-refractivity contribution in [2.75, 3.05) is 6.26 Å². The van der Waals surface area contributed by atoms with E-state index in [0.29, 0.717) is 5.17 Å². The van der Waals surface area contributed by atoms with E-state index in [1.54, 1.807) is 12.4 Å². The zero-order valence-corrected chi connectivity index (χ0v) is 10.5. The number of amidine groups is 1. The van der Waals surface area contributed by atoms with Gasteiger partial charge in [-0.2, -0.15) is 5.26 Å². The molecule has 0 amide bonds. The Morgan fingerprint density at radius 3 is 3.11 bits per heavy atom. The second-order valence-electron chi connectivity index (χ2n) is 3.35. The van der Waals surface area contributed by atoms with Gasteiger partial charge in [0.05, 0.1) is 5.69 Å². The molecule has 0 saturated carbocycles. The van der Waals surface area contributed by atoms with Crippen molar-refractivity contribution in [3.05, 3.63) is 36.7 Å². The monoisotopic (exact) mass is 257 g/mol. The number of nitriles is 1. The molecule has 0 spiro atoms. The third-order valence-corrected chi connectivity index (χ3v) is 2.78. The summed E-state index contributed by atoms with van der Waals surface area (Å²) in [5.41, 5.74) is 1.73. The fourth-order valence-electron chi connectivity index (χ4n) is 1.44. The van der Waals surface area contributed by atoms with Gasteiger partial charge in [-0.1, -0.05) is 23.9 Å². The summed E-state index contributed by atoms with van der Waals surface area (Å²) in [6.07, 6.45) is 7.20. The Hall–Kier alpha value is -2.26. The number of rotatable bonds is 2. The van der Waals surface area contributed by atoms with Crippen molar-refractivity contribution in [3.63, 3.8) is 0 Å². The van der Waals surface area contributed by atoms with Gasteiger partial charge in [0, 0.05) is 18.0 Å². The van der Waals surface area contributed by atoms with E-state index >= 15 is 0 Å². The van der Waals surface area contributed by atoms with Crippen LogP contribution in [0, 0.1) is 11.5 Å². The summed E-state index contributed by atoms with van der Waals surface area (Å²) in [6.45, 7) is 0. The van der Waals surface area contributed by atoms with Crippen molar-refractivity contribution in [3.8, 4) is 17.6 Å². The summed E-state index contributed by atoms with van der Waals surface area (Å²) in [6, 6.07) is 7.64. The molecular weight excluding hydrogens is 246 g/mol. The predicted molar refractivity (Wildman–Crippen MR) is 73.4 cm³/mol. The minimum absolute atomic E-state index is 0.564. The quantitative estimate of drug-likeness (QED) is 0.375. The van der Waals surface area contributed by atoms with E-state index in [1.165, 1.54) is 11.8 Å². The van der Waals surface area contributed by atoms with Crippen molar-refractivity contribution in [2.24, 2.45) is 4.99 Å². The van der Waals surface area contributed by atoms with Crippen LogP contribution in [0.2, 0.25) is 0 Å². The summed E-state index contributed by atoms with van der Waals surface area (Å²) in [5, 5.41) is 11.7. The summed E-state index contributed by atoms with van der Waals surface area (Å²) in [5.74, 6) is 0.797. The van der Waals surface area contributed by atoms with E-state index in [9.17, 15) is 0 Å². The van der Waals surface area contributed by atoms with Crippen LogP contribution < -0.4 is 5.32 Å². The largest absolute Gasteiger partial charge is 0.345 e. The Morgan fingerprint density at radius 2 is 2.44 bits per heavy atom. The van der Waals surface area contributed by atoms with Gasteiger partial charge in [-0.3, -0.25) is 5.32 Å². The van der Waals surface area contributed by atoms with Crippen LogP contribution in [0.25, 0.3) is 11.4 Å². The second-order valence-corrected chi connectivity index (χ2v) is 4.14. The van der Waals surface area contributed by atoms with Crippen LogP contribution >= 0.6 is 11.8 Å². The smallest absolute Gasteiger partial charge is 0.183 e. The summed E-state index contributed by atoms with van der Waals surface area (Å²) < 4.78 is 0. The zero-order valence-electron chi connectivity index (χ0n) is 9.71. The lowest BCUT2D eigenvalue weighted by Gasteiger charge is -2.01. The molecule has 18 heavy (non-hydrogen) atoms. The van der Waals surface area contributed by atoms with E-state index in [2.05, 4.69) is 20.3 Å². The fourth-order valence-corrected chi connectivity index (χ4v) is 1.78. The molecule has 0 atom stereocenters. The minimum Gasteiger partial charge on any atom is -0.345 e. The number of hydrogen-bond donors (Lipinski definition) is 2. The molecule has 2 aromatic rings. The Labute approximate surface area is 109 Å². The van der Waals surface area contributed by atoms with Crippen molar-refractivity contribution < 1.29 is 0 Å². The first kappa shape index (κ1) is 12.2. The molecule has 0 saturated heterocycles. The number of nitrogens with one attached hydrogen (secondary N) is 2. The van der Waals surface area contributed by atoms with E-state index in [0.717, 1.165) is 17.1 Å². The number of aliphatic imine (C=N–C) groups is 1. The number of aromatic amines is 1. The molecule has 0 bridgehead atoms. The third kappa shape index (κ3) is 2.90. The number of nitrogens with zero attached hydrogens (tertiary/aromatic N) is 3. The highest BCUT2D eigenvalue weighted by molar-refractivity contribution is 8.13. The van der Waals surface area contributed by atoms with Gasteiger partial charge in [0.25, 0.3) is 0 Å². The highest BCUT2D eigenvalue weighted by Gasteiger charge is 2.01. The Bertz CT molecular complexity index is 583. The van der Waals surface area contributed by atoms with E-state index in [1.807, 2.05) is 36.7 Å². The van der Waals surface area contributed by atoms with Gasteiger partial charge < -0.3 is 4.98 Å². The number of thioether (sulfide) groups is 1. The van der Waals surface area contributed by atoms with Crippen LogP contribution in [0.15, 0.2) is 41.7 Å². The lowest BCUT2D eigenvalue weighted by Crippen LogP contribution is -2.12. The molecule has 2 rings (SSSR count). The minimum atomic E-state index is 0.564. The maximum absolute atomic E-state index is 8.58. The van der Waals surface area contributed by atoms with Crippen LogP contribution in [-0.4, -0.2) is 21.4 Å². The van der Waals surface area contributed by atoms with Crippen molar-refractivity contribution in [1.82, 2.24) is 15.3 Å². The van der Waals surface area contributed by atoms with Crippen molar-refractivity contribution in [1.29, 1.82) is 5.26 Å². The van der Waals surface area contributed by atoms with E-state index in [-0.39, 0.29) is 0 Å². The molecule has 0 unspecified atom stereocenters. The van der Waals surface area contributed by atoms with Crippen LogP contribution in [0.5, 0.6) is 0 Å². The summed E-state index contributed by atoms with van der Waals surface area (Å²) in [7, 11) is 0. The topological polar surface area (TPSA) is 76.9 Å². The lowest BCUT2D eigenvalue weighted by atomic mass is 10.2. The van der Waals surface area contributed by atoms with Gasteiger partial charge in [-0.15, -0.1) is 0 Å². The molecule has 5 nitrogen and oxygen atoms in total. The maximum atomic E-state index is 8.58. The number of hydrogen-bond acceptors (Lipinski definition) is 4. The van der Waals surface area contributed by atoms with Gasteiger partial charge >= 0.3 is 0 Å². The fraction of sp³-hybridized carbons (Fsp3) is 0.0833. The van der Waals surface area contributed by atoms with Crippen LogP contribution in [0.1, 0.15) is 0 Å². The highest BCUT2D eigenvalue weighted by Crippen LogP contribution is 2.21. The first-order valence-electron chi connectivity index (χ1n) is 5.21. The molecule has 90 valence electrons. The van der Waals surface area contributed by atoms with Gasteiger partial charge in [0.1, 0.15) is 5.82 Å². The van der Waals surface area contributed by atoms with Crippen LogP contribution in [-0.2, 0) is 0 Å². The molecule has 2 N–H and O–H groups in total. The number of aromatic nitrogens is 2. The van der Waals surface area contributed by atoms with E-state index in [4.69, 9.17) is 5.26 Å². The number of H-pyrrole nitrogens is 1. The average molecular weight is 257 g/mol. The molecule has 0 aliphatic heterocycles. The second kappa shape index (κ2) is 5.89. The van der Waals surface area contributed by atoms with Crippen molar-refractivity contribution >= 4 is 22.6 Å².